The lowest BCUT2D eigenvalue weighted by Gasteiger charge is -2.27. The van der Waals surface area contributed by atoms with Crippen molar-refractivity contribution in [2.75, 3.05) is 6.54 Å². The molecule has 0 bridgehead atoms. The first kappa shape index (κ1) is 16.0. The molecule has 2 atom stereocenters. The number of fused-ring (bicyclic) bond motifs is 2. The van der Waals surface area contributed by atoms with Crippen molar-refractivity contribution >= 4 is 40.1 Å². The number of hydrogen-bond donors (Lipinski definition) is 1. The van der Waals surface area contributed by atoms with E-state index in [-0.39, 0.29) is 17.1 Å². The van der Waals surface area contributed by atoms with E-state index in [0.717, 1.165) is 33.6 Å². The van der Waals surface area contributed by atoms with Gasteiger partial charge in [-0.3, -0.25) is 9.59 Å². The molecule has 1 N–H and O–H groups in total. The molecule has 2 fully saturated rings. The summed E-state index contributed by atoms with van der Waals surface area (Å²) in [7, 11) is 0. The Morgan fingerprint density at radius 3 is 3.25 bits per heavy atom. The normalized spacial score (nSPS) is 25.0. The number of allylic oxidation sites excluding steroid dienone is 2. The van der Waals surface area contributed by atoms with Crippen LogP contribution in [-0.4, -0.2) is 33.1 Å². The van der Waals surface area contributed by atoms with Crippen molar-refractivity contribution < 1.29 is 9.59 Å². The summed E-state index contributed by atoms with van der Waals surface area (Å²) in [5.41, 5.74) is 4.87. The lowest BCUT2D eigenvalue weighted by Crippen LogP contribution is -2.32. The quantitative estimate of drug-likeness (QED) is 0.680. The SMILES string of the molecule is Cc1csc2c1[C@@]13C[C@@H]1CN(C(=O)C=Cc1c[nH]c4ncccc14)C3=CC2=O. The number of thiophene rings is 1. The summed E-state index contributed by atoms with van der Waals surface area (Å²) in [6.45, 7) is 2.76. The molecule has 1 spiro atoms. The molecule has 0 unspecified atom stereocenters. The monoisotopic (exact) mass is 387 g/mol. The first-order chi connectivity index (χ1) is 13.6. The highest BCUT2D eigenvalue weighted by molar-refractivity contribution is 7.12. The number of aryl methyl sites for hydroxylation is 1. The number of carbonyl (C=O) groups is 2. The Balaban J connectivity index is 1.34. The van der Waals surface area contributed by atoms with E-state index in [1.165, 1.54) is 22.5 Å². The highest BCUT2D eigenvalue weighted by Crippen LogP contribution is 2.67. The van der Waals surface area contributed by atoms with E-state index in [1.54, 1.807) is 23.2 Å². The van der Waals surface area contributed by atoms with Gasteiger partial charge in [0.05, 0.1) is 4.88 Å². The van der Waals surface area contributed by atoms with Crippen LogP contribution in [0.15, 0.2) is 47.8 Å². The Hall–Kier alpha value is -2.99. The van der Waals surface area contributed by atoms with Crippen LogP contribution in [0.2, 0.25) is 0 Å². The highest BCUT2D eigenvalue weighted by Gasteiger charge is 2.67. The van der Waals surface area contributed by atoms with Crippen molar-refractivity contribution in [3.05, 3.63) is 69.3 Å². The van der Waals surface area contributed by atoms with Gasteiger partial charge in [-0.15, -0.1) is 11.3 Å². The maximum atomic E-state index is 13.0. The Kier molecular flexibility index (Phi) is 3.03. The summed E-state index contributed by atoms with van der Waals surface area (Å²) in [6.07, 6.45) is 9.77. The zero-order valence-corrected chi connectivity index (χ0v) is 16.0. The fourth-order valence-electron chi connectivity index (χ4n) is 5.01. The number of carbonyl (C=O) groups excluding carboxylic acids is 2. The lowest BCUT2D eigenvalue weighted by molar-refractivity contribution is -0.123. The third-order valence-corrected chi connectivity index (χ3v) is 7.44. The highest BCUT2D eigenvalue weighted by atomic mass is 32.1. The molecule has 2 aliphatic carbocycles. The number of nitrogens with one attached hydrogen (secondary N) is 1. The van der Waals surface area contributed by atoms with E-state index in [1.807, 2.05) is 24.4 Å². The van der Waals surface area contributed by atoms with Crippen LogP contribution in [0.1, 0.15) is 32.8 Å². The number of aromatic amines is 1. The predicted molar refractivity (Wildman–Crippen MR) is 108 cm³/mol. The minimum atomic E-state index is -0.110. The number of pyridine rings is 1. The van der Waals surface area contributed by atoms with Gasteiger partial charge in [-0.25, -0.2) is 4.98 Å². The second-order valence-electron chi connectivity index (χ2n) is 7.81. The molecule has 6 rings (SSSR count). The van der Waals surface area contributed by atoms with Crippen LogP contribution in [0.25, 0.3) is 17.1 Å². The summed E-state index contributed by atoms with van der Waals surface area (Å²) in [4.78, 5) is 35.7. The third-order valence-electron chi connectivity index (χ3n) is 6.32. The number of amides is 1. The molecule has 1 saturated heterocycles. The molecule has 5 nitrogen and oxygen atoms in total. The van der Waals surface area contributed by atoms with E-state index in [9.17, 15) is 9.59 Å². The predicted octanol–water partition coefficient (Wildman–Crippen LogP) is 3.83. The zero-order chi connectivity index (χ0) is 19.0. The minimum Gasteiger partial charge on any atom is -0.346 e. The van der Waals surface area contributed by atoms with Gasteiger partial charge in [-0.05, 0) is 54.0 Å². The van der Waals surface area contributed by atoms with E-state index in [4.69, 9.17) is 0 Å². The number of piperidine rings is 1. The smallest absolute Gasteiger partial charge is 0.250 e. The molecule has 138 valence electrons. The van der Waals surface area contributed by atoms with Crippen LogP contribution >= 0.6 is 11.3 Å². The van der Waals surface area contributed by atoms with Crippen molar-refractivity contribution in [3.8, 4) is 0 Å². The van der Waals surface area contributed by atoms with Crippen molar-refractivity contribution in [1.82, 2.24) is 14.9 Å². The van der Waals surface area contributed by atoms with Gasteiger partial charge >= 0.3 is 0 Å². The molecule has 3 aromatic heterocycles. The fraction of sp³-hybridized carbons (Fsp3) is 0.227. The number of hydrogen-bond acceptors (Lipinski definition) is 4. The van der Waals surface area contributed by atoms with Gasteiger partial charge in [0.15, 0.2) is 5.78 Å². The second kappa shape index (κ2) is 5.29. The molecule has 0 radical (unpaired) electrons. The van der Waals surface area contributed by atoms with E-state index >= 15 is 0 Å². The van der Waals surface area contributed by atoms with Gasteiger partial charge in [0.1, 0.15) is 5.65 Å². The standard InChI is InChI=1S/C22H17N3O2S/c1-12-11-28-20-16(26)7-17-22(19(12)20)8-14(22)10-25(17)18(27)5-4-13-9-24-21-15(13)3-2-6-23-21/h2-7,9,11,14H,8,10H2,1H3,(H,23,24)/t14-,22+/m1/s1. The van der Waals surface area contributed by atoms with E-state index in [2.05, 4.69) is 22.3 Å². The van der Waals surface area contributed by atoms with Crippen LogP contribution in [0.4, 0.5) is 0 Å². The van der Waals surface area contributed by atoms with Crippen LogP contribution < -0.4 is 0 Å². The summed E-state index contributed by atoms with van der Waals surface area (Å²) < 4.78 is 0. The zero-order valence-electron chi connectivity index (χ0n) is 15.2. The van der Waals surface area contributed by atoms with Crippen molar-refractivity contribution in [1.29, 1.82) is 0 Å². The summed E-state index contributed by atoms with van der Waals surface area (Å²) in [5, 5.41) is 3.05. The average Bonchev–Trinajstić information content (AvgIpc) is 3.01. The molecule has 1 amide bonds. The Bertz CT molecular complexity index is 1250. The van der Waals surface area contributed by atoms with Crippen LogP contribution in [0, 0.1) is 12.8 Å². The summed E-state index contributed by atoms with van der Waals surface area (Å²) in [6, 6.07) is 3.86. The van der Waals surface area contributed by atoms with Crippen LogP contribution in [0.5, 0.6) is 0 Å². The molecule has 3 aliphatic rings. The summed E-state index contributed by atoms with van der Waals surface area (Å²) >= 11 is 1.53. The van der Waals surface area contributed by atoms with E-state index < -0.39 is 0 Å². The van der Waals surface area contributed by atoms with Gasteiger partial charge in [-0.1, -0.05) is 0 Å². The van der Waals surface area contributed by atoms with Crippen molar-refractivity contribution in [2.24, 2.45) is 5.92 Å². The van der Waals surface area contributed by atoms with Crippen LogP contribution in [-0.2, 0) is 10.2 Å². The van der Waals surface area contributed by atoms with Gasteiger partial charge in [0, 0.05) is 53.2 Å². The van der Waals surface area contributed by atoms with Crippen molar-refractivity contribution in [3.63, 3.8) is 0 Å². The minimum absolute atomic E-state index is 0.0331. The number of likely N-dealkylation sites (tertiary alicyclic amines) is 1. The largest absolute Gasteiger partial charge is 0.346 e. The maximum absolute atomic E-state index is 13.0. The summed E-state index contributed by atoms with van der Waals surface area (Å²) in [5.74, 6) is 0.388. The van der Waals surface area contributed by atoms with Crippen molar-refractivity contribution in [2.45, 2.75) is 18.8 Å². The number of rotatable bonds is 2. The number of ketones is 1. The first-order valence-corrected chi connectivity index (χ1v) is 10.2. The first-order valence-electron chi connectivity index (χ1n) is 9.36. The number of nitrogens with zero attached hydrogens (tertiary/aromatic N) is 2. The molecule has 4 heterocycles. The molecular weight excluding hydrogens is 370 g/mol. The molecule has 3 aromatic rings. The van der Waals surface area contributed by atoms with Crippen LogP contribution in [0.3, 0.4) is 0 Å². The van der Waals surface area contributed by atoms with Gasteiger partial charge in [-0.2, -0.15) is 0 Å². The van der Waals surface area contributed by atoms with Gasteiger partial charge < -0.3 is 9.88 Å². The molecular formula is C22H17N3O2S. The third kappa shape index (κ3) is 1.93. The average molecular weight is 387 g/mol. The topological polar surface area (TPSA) is 66.1 Å². The number of aromatic nitrogens is 2. The van der Waals surface area contributed by atoms with Gasteiger partial charge in [0.2, 0.25) is 0 Å². The Morgan fingerprint density at radius 2 is 2.36 bits per heavy atom. The molecule has 0 aromatic carbocycles. The Labute approximate surface area is 165 Å². The lowest BCUT2D eigenvalue weighted by atomic mass is 9.84. The Morgan fingerprint density at radius 1 is 1.46 bits per heavy atom. The maximum Gasteiger partial charge on any atom is 0.250 e. The molecule has 1 saturated carbocycles. The number of H-pyrrole nitrogens is 1. The van der Waals surface area contributed by atoms with Gasteiger partial charge in [0.25, 0.3) is 5.91 Å². The molecule has 6 heteroatoms. The molecule has 28 heavy (non-hydrogen) atoms. The fourth-order valence-corrected chi connectivity index (χ4v) is 6.06. The molecule has 1 aliphatic heterocycles. The van der Waals surface area contributed by atoms with E-state index in [0.29, 0.717) is 12.5 Å². The second-order valence-corrected chi connectivity index (χ2v) is 8.69.